The minimum atomic E-state index is -0.650. The second-order valence-corrected chi connectivity index (χ2v) is 3.10. The zero-order valence-corrected chi connectivity index (χ0v) is 7.96. The van der Waals surface area contributed by atoms with Gasteiger partial charge in [-0.2, -0.15) is 5.26 Å². The Bertz CT molecular complexity index is 337. The van der Waals surface area contributed by atoms with Crippen LogP contribution in [0.1, 0.15) is 17.5 Å². The minimum Gasteiger partial charge on any atom is -0.446 e. The third-order valence-electron chi connectivity index (χ3n) is 1.40. The highest BCUT2D eigenvalue weighted by Gasteiger charge is 2.17. The topological polar surface area (TPSA) is 54.0 Å². The lowest BCUT2D eigenvalue weighted by molar-refractivity contribution is 0.0927. The molecule has 1 aromatic rings. The molecule has 12 heavy (non-hydrogen) atoms. The van der Waals surface area contributed by atoms with Crippen molar-refractivity contribution in [2.45, 2.75) is 6.92 Å². The normalized spacial score (nSPS) is 12.1. The van der Waals surface area contributed by atoms with Gasteiger partial charge in [0.15, 0.2) is 10.4 Å². The third-order valence-corrected chi connectivity index (χ3v) is 1.83. The molecule has 0 aliphatic heterocycles. The number of Topliss-reactive ketones (excluding diaryl/α,β-unsaturated/α-hetero) is 1. The average Bonchev–Trinajstić information content (AvgIpc) is 2.49. The number of furan rings is 1. The predicted octanol–water partition coefficient (Wildman–Crippen LogP) is 2.38. The van der Waals surface area contributed by atoms with Crippen LogP contribution >= 0.6 is 15.9 Å². The second-order valence-electron chi connectivity index (χ2n) is 2.32. The van der Waals surface area contributed by atoms with Crippen LogP contribution in [0.25, 0.3) is 0 Å². The van der Waals surface area contributed by atoms with Crippen LogP contribution in [0.2, 0.25) is 0 Å². The summed E-state index contributed by atoms with van der Waals surface area (Å²) in [7, 11) is 0. The van der Waals surface area contributed by atoms with Gasteiger partial charge in [-0.05, 0) is 35.0 Å². The fourth-order valence-electron chi connectivity index (χ4n) is 0.719. The van der Waals surface area contributed by atoms with E-state index in [0.29, 0.717) is 4.67 Å². The Labute approximate surface area is 78.1 Å². The van der Waals surface area contributed by atoms with Crippen molar-refractivity contribution in [3.63, 3.8) is 0 Å². The summed E-state index contributed by atoms with van der Waals surface area (Å²) in [6.07, 6.45) is 0. The number of carbonyl (C=O) groups excluding carboxylic acids is 1. The van der Waals surface area contributed by atoms with Gasteiger partial charge in [0.05, 0.1) is 6.07 Å². The number of ketones is 1. The summed E-state index contributed by atoms with van der Waals surface area (Å²) in [6.45, 7) is 1.54. The Morgan fingerprint density at radius 2 is 2.42 bits per heavy atom. The molecule has 1 heterocycles. The predicted molar refractivity (Wildman–Crippen MR) is 45.5 cm³/mol. The van der Waals surface area contributed by atoms with E-state index in [1.54, 1.807) is 19.1 Å². The Morgan fingerprint density at radius 3 is 2.83 bits per heavy atom. The molecule has 0 saturated carbocycles. The van der Waals surface area contributed by atoms with E-state index in [9.17, 15) is 4.79 Å². The van der Waals surface area contributed by atoms with Gasteiger partial charge in [0.1, 0.15) is 5.92 Å². The molecule has 0 amide bonds. The third kappa shape index (κ3) is 1.74. The molecule has 0 spiro atoms. The molecule has 0 aliphatic carbocycles. The van der Waals surface area contributed by atoms with Crippen molar-refractivity contribution in [2.75, 3.05) is 0 Å². The quantitative estimate of drug-likeness (QED) is 0.730. The molecular weight excluding hydrogens is 222 g/mol. The fourth-order valence-corrected chi connectivity index (χ4v) is 1.03. The van der Waals surface area contributed by atoms with Crippen LogP contribution in [0.15, 0.2) is 21.2 Å². The monoisotopic (exact) mass is 227 g/mol. The van der Waals surface area contributed by atoms with Gasteiger partial charge in [-0.1, -0.05) is 0 Å². The highest BCUT2D eigenvalue weighted by atomic mass is 79.9. The van der Waals surface area contributed by atoms with Gasteiger partial charge >= 0.3 is 0 Å². The van der Waals surface area contributed by atoms with Crippen LogP contribution in [-0.4, -0.2) is 5.78 Å². The molecule has 0 saturated heterocycles. The van der Waals surface area contributed by atoms with E-state index in [4.69, 9.17) is 9.68 Å². The van der Waals surface area contributed by atoms with Gasteiger partial charge in [0.2, 0.25) is 5.78 Å². The average molecular weight is 228 g/mol. The maximum Gasteiger partial charge on any atom is 0.214 e. The van der Waals surface area contributed by atoms with Crippen LogP contribution in [0.3, 0.4) is 0 Å². The van der Waals surface area contributed by atoms with Crippen LogP contribution in [0.4, 0.5) is 0 Å². The summed E-state index contributed by atoms with van der Waals surface area (Å²) >= 11 is 3.07. The Morgan fingerprint density at radius 1 is 1.75 bits per heavy atom. The van der Waals surface area contributed by atoms with E-state index < -0.39 is 5.92 Å². The summed E-state index contributed by atoms with van der Waals surface area (Å²) in [5.41, 5.74) is 0. The van der Waals surface area contributed by atoms with Crippen molar-refractivity contribution in [3.8, 4) is 6.07 Å². The van der Waals surface area contributed by atoms with Crippen LogP contribution < -0.4 is 0 Å². The molecule has 0 bridgehead atoms. The first kappa shape index (κ1) is 9.01. The molecule has 0 fully saturated rings. The number of hydrogen-bond donors (Lipinski definition) is 0. The molecule has 4 heteroatoms. The number of hydrogen-bond acceptors (Lipinski definition) is 3. The van der Waals surface area contributed by atoms with Gasteiger partial charge in [0, 0.05) is 0 Å². The molecule has 1 aromatic heterocycles. The van der Waals surface area contributed by atoms with E-state index in [1.807, 2.05) is 6.07 Å². The van der Waals surface area contributed by atoms with Crippen molar-refractivity contribution < 1.29 is 9.21 Å². The van der Waals surface area contributed by atoms with Crippen molar-refractivity contribution in [2.24, 2.45) is 5.92 Å². The Hall–Kier alpha value is -1.08. The van der Waals surface area contributed by atoms with E-state index in [1.165, 1.54) is 0 Å². The Kier molecular flexibility index (Phi) is 2.66. The molecule has 0 aliphatic rings. The molecule has 62 valence electrons. The van der Waals surface area contributed by atoms with E-state index in [0.717, 1.165) is 0 Å². The van der Waals surface area contributed by atoms with E-state index in [-0.39, 0.29) is 11.5 Å². The van der Waals surface area contributed by atoms with Crippen LogP contribution in [0, 0.1) is 17.2 Å². The molecule has 0 radical (unpaired) electrons. The number of carbonyl (C=O) groups is 1. The van der Waals surface area contributed by atoms with Crippen molar-refractivity contribution in [1.29, 1.82) is 5.26 Å². The molecule has 1 unspecified atom stereocenters. The molecule has 1 atom stereocenters. The van der Waals surface area contributed by atoms with E-state index >= 15 is 0 Å². The number of halogens is 1. The summed E-state index contributed by atoms with van der Waals surface area (Å²) < 4.78 is 5.48. The zero-order chi connectivity index (χ0) is 9.14. The minimum absolute atomic E-state index is 0.218. The highest BCUT2D eigenvalue weighted by molar-refractivity contribution is 9.10. The first-order valence-corrected chi connectivity index (χ1v) is 4.13. The zero-order valence-electron chi connectivity index (χ0n) is 6.37. The molecule has 3 nitrogen and oxygen atoms in total. The lowest BCUT2D eigenvalue weighted by atomic mass is 10.1. The molecule has 0 aromatic carbocycles. The lowest BCUT2D eigenvalue weighted by Crippen LogP contribution is -2.07. The molecule has 0 N–H and O–H groups in total. The van der Waals surface area contributed by atoms with Gasteiger partial charge in [-0.15, -0.1) is 0 Å². The summed E-state index contributed by atoms with van der Waals surface area (Å²) in [6, 6.07) is 5.01. The second kappa shape index (κ2) is 3.55. The maximum atomic E-state index is 11.3. The van der Waals surface area contributed by atoms with Crippen molar-refractivity contribution in [1.82, 2.24) is 0 Å². The van der Waals surface area contributed by atoms with E-state index in [2.05, 4.69) is 15.9 Å². The van der Waals surface area contributed by atoms with Gasteiger partial charge in [-0.3, -0.25) is 4.79 Å². The van der Waals surface area contributed by atoms with Crippen LogP contribution in [0.5, 0.6) is 0 Å². The Balaban J connectivity index is 2.87. The number of nitrogens with zero attached hydrogens (tertiary/aromatic N) is 1. The molecule has 1 rings (SSSR count). The lowest BCUT2D eigenvalue weighted by Gasteiger charge is -1.95. The fraction of sp³-hybridized carbons (Fsp3) is 0.250. The summed E-state index contributed by atoms with van der Waals surface area (Å²) in [5, 5.41) is 8.45. The first-order valence-electron chi connectivity index (χ1n) is 3.34. The standard InChI is InChI=1S/C8H6BrNO2/c1-5(4-10)8(11)6-2-3-7(9)12-6/h2-3,5H,1H3. The highest BCUT2D eigenvalue weighted by Crippen LogP contribution is 2.16. The molecular formula is C8H6BrNO2. The van der Waals surface area contributed by atoms with Crippen molar-refractivity contribution in [3.05, 3.63) is 22.6 Å². The van der Waals surface area contributed by atoms with Gasteiger partial charge < -0.3 is 4.42 Å². The number of nitriles is 1. The largest absolute Gasteiger partial charge is 0.446 e. The SMILES string of the molecule is CC(C#N)C(=O)c1ccc(Br)o1. The van der Waals surface area contributed by atoms with Gasteiger partial charge in [-0.25, -0.2) is 0 Å². The van der Waals surface area contributed by atoms with Crippen molar-refractivity contribution >= 4 is 21.7 Å². The van der Waals surface area contributed by atoms with Gasteiger partial charge in [0.25, 0.3) is 0 Å². The summed E-state index contributed by atoms with van der Waals surface area (Å²) in [4.78, 5) is 11.3. The summed E-state index contributed by atoms with van der Waals surface area (Å²) in [5.74, 6) is -0.720. The maximum absolute atomic E-state index is 11.3. The smallest absolute Gasteiger partial charge is 0.214 e. The number of rotatable bonds is 2. The first-order chi connectivity index (χ1) is 5.65. The van der Waals surface area contributed by atoms with Crippen LogP contribution in [-0.2, 0) is 0 Å².